The molecule has 7 aliphatic rings. The molecule has 5 aliphatic carbocycles. The maximum atomic E-state index is 7.16. The third-order valence-corrected chi connectivity index (χ3v) is 23.6. The van der Waals surface area contributed by atoms with Gasteiger partial charge in [0, 0.05) is 55.2 Å². The van der Waals surface area contributed by atoms with E-state index in [9.17, 15) is 0 Å². The molecule has 0 radical (unpaired) electrons. The Morgan fingerprint density at radius 2 is 0.929 bits per heavy atom. The lowest BCUT2D eigenvalue weighted by Crippen LogP contribution is -2.41. The molecule has 0 N–H and O–H groups in total. The second kappa shape index (κ2) is 16.2. The van der Waals surface area contributed by atoms with Crippen LogP contribution in [0, 0.1) is 6.92 Å². The Labute approximate surface area is 500 Å². The van der Waals surface area contributed by atoms with Gasteiger partial charge >= 0.3 is 0 Å². The van der Waals surface area contributed by atoms with E-state index in [1.165, 1.54) is 142 Å². The lowest BCUT2D eigenvalue weighted by molar-refractivity contribution is 0.329. The zero-order valence-electron chi connectivity index (χ0n) is 53.1. The maximum Gasteiger partial charge on any atom is 0.159 e. The summed E-state index contributed by atoms with van der Waals surface area (Å²) in [6.45, 7) is 42.3. The number of hydrogen-bond acceptors (Lipinski definition) is 3. The van der Waals surface area contributed by atoms with Gasteiger partial charge in [0.25, 0.3) is 0 Å². The summed E-state index contributed by atoms with van der Waals surface area (Å²) in [4.78, 5) is 5.43. The van der Waals surface area contributed by atoms with Gasteiger partial charge in [-0.3, -0.25) is 0 Å². The maximum absolute atomic E-state index is 7.16. The number of anilines is 5. The van der Waals surface area contributed by atoms with Crippen LogP contribution in [0.1, 0.15) is 237 Å². The van der Waals surface area contributed by atoms with Crippen LogP contribution in [-0.4, -0.2) is 0 Å². The fourth-order valence-corrected chi connectivity index (χ4v) is 18.4. The molecule has 1 atom stereocenters. The molecule has 1 unspecified atom stereocenters. The lowest BCUT2D eigenvalue weighted by atomic mass is 9.55. The van der Waals surface area contributed by atoms with Crippen LogP contribution >= 0.6 is 0 Å². The van der Waals surface area contributed by atoms with Crippen molar-refractivity contribution in [2.75, 3.05) is 9.80 Å². The van der Waals surface area contributed by atoms with Gasteiger partial charge in [-0.05, 0) is 192 Å². The molecule has 0 amide bonds. The van der Waals surface area contributed by atoms with Crippen molar-refractivity contribution in [2.45, 2.75) is 199 Å². The highest BCUT2D eigenvalue weighted by Gasteiger charge is 2.53. The normalized spacial score (nSPS) is 21.9. The van der Waals surface area contributed by atoms with Gasteiger partial charge in [-0.1, -0.05) is 202 Å². The number of rotatable bonds is 2. The minimum absolute atomic E-state index is 0.0279. The van der Waals surface area contributed by atoms with Crippen molar-refractivity contribution in [3.63, 3.8) is 0 Å². The number of hydrogen-bond donors (Lipinski definition) is 0. The predicted octanol–water partition coefficient (Wildman–Crippen LogP) is 21.6. The first-order chi connectivity index (χ1) is 39.6. The first-order valence-electron chi connectivity index (χ1n) is 31.7. The number of benzene rings is 8. The molecule has 0 bridgehead atoms. The molecule has 3 nitrogen and oxygen atoms in total. The SMILES string of the molecule is Cc1cc2c3c(c1)N(c1cccc4c1oc1ccccc14)c1cc4c(cc1C3C1=C(c3ccc5c(c3C1)C(C)(C)c1ccccc1C5(C)C)N2c1ccc2c(c1)C(C)(C)CCC2(C)C)C(C)(C)c1cc2c(cc1C4(C)C)C(C)(C)CCC2(C)C. The highest BCUT2D eigenvalue weighted by molar-refractivity contribution is 6.12. The second-order valence-corrected chi connectivity index (χ2v) is 31.8. The molecule has 424 valence electrons. The number of nitrogens with zero attached hydrogens (tertiary/aromatic N) is 2. The zero-order valence-corrected chi connectivity index (χ0v) is 53.1. The van der Waals surface area contributed by atoms with E-state index in [-0.39, 0.29) is 49.2 Å². The summed E-state index contributed by atoms with van der Waals surface area (Å²) in [6.07, 6.45) is 5.60. The Morgan fingerprint density at radius 3 is 1.58 bits per heavy atom. The van der Waals surface area contributed by atoms with Crippen molar-refractivity contribution < 1.29 is 4.42 Å². The molecular weight excluding hydrogens is 1020 g/mol. The van der Waals surface area contributed by atoms with Gasteiger partial charge in [-0.2, -0.15) is 0 Å². The topological polar surface area (TPSA) is 19.6 Å². The van der Waals surface area contributed by atoms with Crippen molar-refractivity contribution in [3.8, 4) is 0 Å². The molecule has 84 heavy (non-hydrogen) atoms. The van der Waals surface area contributed by atoms with Gasteiger partial charge in [-0.15, -0.1) is 0 Å². The summed E-state index contributed by atoms with van der Waals surface area (Å²) >= 11 is 0. The van der Waals surface area contributed by atoms with E-state index in [2.05, 4.69) is 261 Å². The third kappa shape index (κ3) is 6.60. The fraction of sp³-hybridized carbons (Fsp3) is 0.383. The van der Waals surface area contributed by atoms with Crippen LogP contribution in [0.3, 0.4) is 0 Å². The van der Waals surface area contributed by atoms with Crippen molar-refractivity contribution in [3.05, 3.63) is 234 Å². The Bertz CT molecular complexity index is 4490. The summed E-state index contributed by atoms with van der Waals surface area (Å²) in [6, 6.07) is 53.4. The molecule has 3 heterocycles. The summed E-state index contributed by atoms with van der Waals surface area (Å²) in [7, 11) is 0. The average molecular weight is 1100 g/mol. The highest BCUT2D eigenvalue weighted by Crippen LogP contribution is 2.67. The quantitative estimate of drug-likeness (QED) is 0.172. The van der Waals surface area contributed by atoms with Gasteiger partial charge < -0.3 is 14.2 Å². The second-order valence-electron chi connectivity index (χ2n) is 31.8. The van der Waals surface area contributed by atoms with Crippen LogP contribution in [0.2, 0.25) is 0 Å². The highest BCUT2D eigenvalue weighted by atomic mass is 16.3. The van der Waals surface area contributed by atoms with Crippen LogP contribution in [-0.2, 0) is 49.7 Å². The molecule has 2 aliphatic heterocycles. The molecule has 0 saturated carbocycles. The van der Waals surface area contributed by atoms with Gasteiger partial charge in [0.15, 0.2) is 5.58 Å². The number of aryl methyl sites for hydroxylation is 1. The third-order valence-electron chi connectivity index (χ3n) is 23.6. The van der Waals surface area contributed by atoms with E-state index in [1.807, 2.05) is 0 Å². The molecule has 3 heteroatoms. The Kier molecular flexibility index (Phi) is 10.1. The monoisotopic (exact) mass is 1100 g/mol. The van der Waals surface area contributed by atoms with Gasteiger partial charge in [0.2, 0.25) is 0 Å². The standard InChI is InChI=1S/C81H84N2O/c1-45-37-66-70-67(38-45)83(64-27-22-24-49-47-23-18-21-28-68(47)84-73(49)64)65-44-63-60(79(12,13)61-42-58-59(43-62(61)80(63,14)15)77(8,9)36-35-76(58,6)7)41-51(65)69(70)52-40-50-48(30-32-56-71(50)81(16,17)55-26-20-19-25-54(55)78(56,10)11)72(52)82(66)46-29-31-53-57(39-46)75(4,5)34-33-74(53,2)3/h18-32,37-39,41-44,69H,33-36,40H2,1-17H3. The van der Waals surface area contributed by atoms with Crippen LogP contribution < -0.4 is 9.80 Å². The van der Waals surface area contributed by atoms with Gasteiger partial charge in [0.05, 0.1) is 28.4 Å². The predicted molar refractivity (Wildman–Crippen MR) is 353 cm³/mol. The van der Waals surface area contributed by atoms with Crippen molar-refractivity contribution in [1.29, 1.82) is 0 Å². The van der Waals surface area contributed by atoms with E-state index in [0.717, 1.165) is 40.5 Å². The molecule has 1 aromatic heterocycles. The number of allylic oxidation sites excluding steroid dienone is 1. The number of furan rings is 1. The Hall–Kier alpha value is -7.10. The minimum Gasteiger partial charge on any atom is -0.454 e. The average Bonchev–Trinajstić information content (AvgIpc) is 1.19. The Balaban J connectivity index is 1.02. The lowest BCUT2D eigenvalue weighted by Gasteiger charge is -2.50. The van der Waals surface area contributed by atoms with Crippen molar-refractivity contribution >= 4 is 56.1 Å². The molecule has 0 saturated heterocycles. The minimum atomic E-state index is -0.295. The van der Waals surface area contributed by atoms with Crippen LogP contribution in [0.25, 0.3) is 27.6 Å². The van der Waals surface area contributed by atoms with Crippen LogP contribution in [0.4, 0.5) is 28.4 Å². The molecule has 0 fully saturated rings. The smallest absolute Gasteiger partial charge is 0.159 e. The summed E-state index contributed by atoms with van der Waals surface area (Å²) < 4.78 is 7.16. The largest absolute Gasteiger partial charge is 0.454 e. The molecule has 8 aromatic carbocycles. The van der Waals surface area contributed by atoms with E-state index in [4.69, 9.17) is 4.42 Å². The molecule has 9 aromatic rings. The fourth-order valence-electron chi connectivity index (χ4n) is 18.4. The first kappa shape index (κ1) is 52.5. The van der Waals surface area contributed by atoms with E-state index in [1.54, 1.807) is 5.56 Å². The van der Waals surface area contributed by atoms with E-state index < -0.39 is 0 Å². The summed E-state index contributed by atoms with van der Waals surface area (Å²) in [5.41, 5.74) is 34.8. The van der Waals surface area contributed by atoms with Crippen molar-refractivity contribution in [2.24, 2.45) is 0 Å². The van der Waals surface area contributed by atoms with Crippen LogP contribution in [0.15, 0.2) is 143 Å². The van der Waals surface area contributed by atoms with E-state index in [0.29, 0.717) is 0 Å². The van der Waals surface area contributed by atoms with Gasteiger partial charge in [0.1, 0.15) is 5.58 Å². The molecule has 0 spiro atoms. The zero-order chi connectivity index (χ0) is 58.7. The number of para-hydroxylation sites is 2. The number of fused-ring (bicyclic) bond motifs is 15. The first-order valence-corrected chi connectivity index (χ1v) is 31.7. The van der Waals surface area contributed by atoms with Crippen molar-refractivity contribution in [1.82, 2.24) is 0 Å². The Morgan fingerprint density at radius 1 is 0.405 bits per heavy atom. The van der Waals surface area contributed by atoms with Gasteiger partial charge in [-0.25, -0.2) is 0 Å². The summed E-state index contributed by atoms with van der Waals surface area (Å²) in [5, 5.41) is 2.29. The van der Waals surface area contributed by atoms with E-state index >= 15 is 0 Å². The molecule has 16 rings (SSSR count). The molecular formula is C81H84N2O. The summed E-state index contributed by atoms with van der Waals surface area (Å²) in [5.74, 6) is -0.0279. The van der Waals surface area contributed by atoms with Crippen LogP contribution in [0.5, 0.6) is 0 Å².